The van der Waals surface area contributed by atoms with E-state index in [1.54, 1.807) is 12.4 Å². The molecular weight excluding hydrogens is 422 g/mol. The first-order chi connectivity index (χ1) is 15.6. The highest BCUT2D eigenvalue weighted by Crippen LogP contribution is 2.26. The summed E-state index contributed by atoms with van der Waals surface area (Å²) in [7, 11) is 2.16. The number of rotatable bonds is 5. The molecule has 7 nitrogen and oxygen atoms in total. The van der Waals surface area contributed by atoms with Gasteiger partial charge in [0.1, 0.15) is 0 Å². The molecule has 1 aromatic carbocycles. The van der Waals surface area contributed by atoms with Crippen molar-refractivity contribution in [3.63, 3.8) is 0 Å². The number of piperazine rings is 1. The summed E-state index contributed by atoms with van der Waals surface area (Å²) in [6.07, 6.45) is 9.57. The van der Waals surface area contributed by atoms with Crippen LogP contribution in [0.1, 0.15) is 17.0 Å². The molecule has 3 aromatic heterocycles. The third kappa shape index (κ3) is 4.70. The average molecular weight is 446 g/mol. The standard InChI is InChI=1S/C24H24ClN7/c1-30-10-12-31(13-11-30)16-21-17-32(29-28-21)24-15-20(4-2-18-6-8-26-9-7-18)27-23-5-3-19(25)14-22(23)24/h2-9,14-15,17H,10-13,16H2,1H3/b4-2+. The maximum atomic E-state index is 6.30. The predicted octanol–water partition coefficient (Wildman–Crippen LogP) is 3.78. The summed E-state index contributed by atoms with van der Waals surface area (Å²) < 4.78 is 1.83. The van der Waals surface area contributed by atoms with Crippen LogP contribution in [-0.4, -0.2) is 68.0 Å². The number of benzene rings is 1. The van der Waals surface area contributed by atoms with Crippen molar-refractivity contribution in [1.82, 2.24) is 34.8 Å². The molecule has 0 amide bonds. The zero-order valence-corrected chi connectivity index (χ0v) is 18.7. The van der Waals surface area contributed by atoms with E-state index >= 15 is 0 Å². The van der Waals surface area contributed by atoms with Crippen LogP contribution in [0.25, 0.3) is 28.7 Å². The Morgan fingerprint density at radius 2 is 1.81 bits per heavy atom. The summed E-state index contributed by atoms with van der Waals surface area (Å²) in [6.45, 7) is 5.04. The van der Waals surface area contributed by atoms with Gasteiger partial charge in [0.15, 0.2) is 0 Å². The highest BCUT2D eigenvalue weighted by molar-refractivity contribution is 6.31. The lowest BCUT2D eigenvalue weighted by molar-refractivity contribution is 0.147. The maximum Gasteiger partial charge on any atom is 0.0971 e. The third-order valence-electron chi connectivity index (χ3n) is 5.69. The van der Waals surface area contributed by atoms with Crippen molar-refractivity contribution in [2.45, 2.75) is 6.54 Å². The molecule has 162 valence electrons. The predicted molar refractivity (Wildman–Crippen MR) is 128 cm³/mol. The van der Waals surface area contributed by atoms with Crippen molar-refractivity contribution < 1.29 is 0 Å². The zero-order valence-electron chi connectivity index (χ0n) is 17.9. The van der Waals surface area contributed by atoms with E-state index in [0.29, 0.717) is 5.02 Å². The summed E-state index contributed by atoms with van der Waals surface area (Å²) in [4.78, 5) is 13.6. The second-order valence-electron chi connectivity index (χ2n) is 8.08. The molecule has 0 aliphatic carbocycles. The molecule has 0 bridgehead atoms. The van der Waals surface area contributed by atoms with Gasteiger partial charge in [-0.3, -0.25) is 9.88 Å². The fourth-order valence-corrected chi connectivity index (χ4v) is 4.03. The Morgan fingerprint density at radius 3 is 2.62 bits per heavy atom. The average Bonchev–Trinajstić information content (AvgIpc) is 3.28. The molecule has 1 saturated heterocycles. The normalized spacial score (nSPS) is 15.7. The van der Waals surface area contributed by atoms with Gasteiger partial charge in [0.2, 0.25) is 0 Å². The minimum atomic E-state index is 0.665. The second-order valence-corrected chi connectivity index (χ2v) is 8.51. The Kier molecular flexibility index (Phi) is 5.94. The highest BCUT2D eigenvalue weighted by atomic mass is 35.5. The molecule has 0 saturated carbocycles. The van der Waals surface area contributed by atoms with Crippen molar-refractivity contribution in [3.05, 3.63) is 77.0 Å². The molecule has 32 heavy (non-hydrogen) atoms. The SMILES string of the molecule is CN1CCN(Cc2cn(-c3cc(/C=C/c4ccncc4)nc4ccc(Cl)cc34)nn2)CC1. The van der Waals surface area contributed by atoms with Crippen LogP contribution in [-0.2, 0) is 6.54 Å². The molecule has 5 rings (SSSR count). The van der Waals surface area contributed by atoms with Crippen LogP contribution in [0, 0.1) is 0 Å². The summed E-state index contributed by atoms with van der Waals surface area (Å²) in [5.74, 6) is 0. The summed E-state index contributed by atoms with van der Waals surface area (Å²) in [5.41, 5.74) is 4.62. The fraction of sp³-hybridized carbons (Fsp3) is 0.250. The molecule has 1 aliphatic rings. The van der Waals surface area contributed by atoms with Crippen molar-refractivity contribution >= 4 is 34.7 Å². The summed E-state index contributed by atoms with van der Waals surface area (Å²) in [5, 5.41) is 10.5. The Hall–Kier alpha value is -3.13. The van der Waals surface area contributed by atoms with Crippen LogP contribution in [0.4, 0.5) is 0 Å². The van der Waals surface area contributed by atoms with Gasteiger partial charge in [0.05, 0.1) is 28.8 Å². The van der Waals surface area contributed by atoms with E-state index < -0.39 is 0 Å². The van der Waals surface area contributed by atoms with Gasteiger partial charge >= 0.3 is 0 Å². The van der Waals surface area contributed by atoms with Crippen LogP contribution >= 0.6 is 11.6 Å². The van der Waals surface area contributed by atoms with Gasteiger partial charge in [-0.05, 0) is 55.1 Å². The van der Waals surface area contributed by atoms with Gasteiger partial charge in [-0.25, -0.2) is 9.67 Å². The van der Waals surface area contributed by atoms with Crippen molar-refractivity contribution in [2.75, 3.05) is 33.2 Å². The van der Waals surface area contributed by atoms with E-state index in [-0.39, 0.29) is 0 Å². The molecule has 0 atom stereocenters. The molecular formula is C24H24ClN7. The van der Waals surface area contributed by atoms with Crippen LogP contribution in [0.3, 0.4) is 0 Å². The first-order valence-electron chi connectivity index (χ1n) is 10.6. The Labute approximate surface area is 192 Å². The van der Waals surface area contributed by atoms with E-state index in [1.807, 2.05) is 59.4 Å². The molecule has 0 unspecified atom stereocenters. The Bertz CT molecular complexity index is 1240. The molecule has 1 fully saturated rings. The van der Waals surface area contributed by atoms with Crippen molar-refractivity contribution in [3.8, 4) is 5.69 Å². The number of pyridine rings is 2. The quantitative estimate of drug-likeness (QED) is 0.466. The van der Waals surface area contributed by atoms with Gasteiger partial charge in [-0.2, -0.15) is 0 Å². The minimum absolute atomic E-state index is 0.665. The van der Waals surface area contributed by atoms with E-state index in [2.05, 4.69) is 32.1 Å². The fourth-order valence-electron chi connectivity index (χ4n) is 3.85. The van der Waals surface area contributed by atoms with Crippen LogP contribution < -0.4 is 0 Å². The minimum Gasteiger partial charge on any atom is -0.304 e. The molecule has 0 N–H and O–H groups in total. The lowest BCUT2D eigenvalue weighted by Gasteiger charge is -2.31. The van der Waals surface area contributed by atoms with Gasteiger partial charge in [-0.15, -0.1) is 5.10 Å². The van der Waals surface area contributed by atoms with Crippen LogP contribution in [0.2, 0.25) is 5.02 Å². The third-order valence-corrected chi connectivity index (χ3v) is 5.93. The molecule has 1 aliphatic heterocycles. The lowest BCUT2D eigenvalue weighted by Crippen LogP contribution is -2.43. The summed E-state index contributed by atoms with van der Waals surface area (Å²) in [6, 6.07) is 11.7. The number of hydrogen-bond acceptors (Lipinski definition) is 6. The van der Waals surface area contributed by atoms with Gasteiger partial charge < -0.3 is 4.90 Å². The van der Waals surface area contributed by atoms with Gasteiger partial charge in [0, 0.05) is 55.5 Å². The lowest BCUT2D eigenvalue weighted by atomic mass is 10.1. The number of fused-ring (bicyclic) bond motifs is 1. The first-order valence-corrected chi connectivity index (χ1v) is 11.0. The van der Waals surface area contributed by atoms with E-state index in [1.165, 1.54) is 0 Å². The highest BCUT2D eigenvalue weighted by Gasteiger charge is 2.16. The van der Waals surface area contributed by atoms with Crippen molar-refractivity contribution in [1.29, 1.82) is 0 Å². The summed E-state index contributed by atoms with van der Waals surface area (Å²) >= 11 is 6.30. The Morgan fingerprint density at radius 1 is 1.00 bits per heavy atom. The second kappa shape index (κ2) is 9.16. The number of likely N-dealkylation sites (N-methyl/N-ethyl adjacent to an activating group) is 1. The Balaban J connectivity index is 1.47. The molecule has 0 radical (unpaired) electrons. The van der Waals surface area contributed by atoms with E-state index in [0.717, 1.165) is 66.3 Å². The largest absolute Gasteiger partial charge is 0.304 e. The smallest absolute Gasteiger partial charge is 0.0971 e. The van der Waals surface area contributed by atoms with Crippen LogP contribution in [0.15, 0.2) is 55.0 Å². The van der Waals surface area contributed by atoms with E-state index in [4.69, 9.17) is 16.6 Å². The number of halogens is 1. The molecule has 4 aromatic rings. The monoisotopic (exact) mass is 445 g/mol. The number of aromatic nitrogens is 5. The maximum absolute atomic E-state index is 6.30. The van der Waals surface area contributed by atoms with E-state index in [9.17, 15) is 0 Å². The number of hydrogen-bond donors (Lipinski definition) is 0. The van der Waals surface area contributed by atoms with Crippen LogP contribution in [0.5, 0.6) is 0 Å². The van der Waals surface area contributed by atoms with Gasteiger partial charge in [0.25, 0.3) is 0 Å². The molecule has 0 spiro atoms. The first kappa shape index (κ1) is 20.8. The number of nitrogens with zero attached hydrogens (tertiary/aromatic N) is 7. The van der Waals surface area contributed by atoms with Gasteiger partial charge in [-0.1, -0.05) is 22.9 Å². The molecule has 4 heterocycles. The topological polar surface area (TPSA) is 63.0 Å². The molecule has 8 heteroatoms. The van der Waals surface area contributed by atoms with Crippen molar-refractivity contribution in [2.24, 2.45) is 0 Å². The zero-order chi connectivity index (χ0) is 21.9.